The number of hydrogen-bond donors (Lipinski definition) is 2. The predicted molar refractivity (Wildman–Crippen MR) is 116 cm³/mol. The van der Waals surface area contributed by atoms with Gasteiger partial charge in [0.2, 0.25) is 5.56 Å². The predicted octanol–water partition coefficient (Wildman–Crippen LogP) is 4.72. The molecule has 6 heteroatoms. The molecule has 1 aromatic heterocycles. The number of amides is 1. The molecule has 0 atom stereocenters. The number of anilines is 1. The molecule has 0 aliphatic heterocycles. The number of carbonyl (C=O) groups excluding carboxylic acids is 1. The molecule has 0 saturated heterocycles. The molecule has 0 aliphatic rings. The highest BCUT2D eigenvalue weighted by Gasteiger charge is 2.14. The van der Waals surface area contributed by atoms with E-state index in [2.05, 4.69) is 10.3 Å². The lowest BCUT2D eigenvalue weighted by Gasteiger charge is -2.12. The first kappa shape index (κ1) is 19.4. The number of rotatable bonds is 6. The molecule has 0 bridgehead atoms. The Labute approximate surface area is 173 Å². The Hall–Kier alpha value is -3.90. The zero-order chi connectivity index (χ0) is 20.9. The van der Waals surface area contributed by atoms with E-state index in [-0.39, 0.29) is 11.5 Å². The molecule has 4 rings (SSSR count). The molecule has 6 nitrogen and oxygen atoms in total. The zero-order valence-electron chi connectivity index (χ0n) is 16.3. The third kappa shape index (κ3) is 4.24. The van der Waals surface area contributed by atoms with Crippen LogP contribution >= 0.6 is 0 Å². The summed E-state index contributed by atoms with van der Waals surface area (Å²) >= 11 is 0. The van der Waals surface area contributed by atoms with Crippen LogP contribution in [0.1, 0.15) is 15.9 Å². The van der Waals surface area contributed by atoms with Gasteiger partial charge in [-0.15, -0.1) is 0 Å². The summed E-state index contributed by atoms with van der Waals surface area (Å²) in [5.74, 6) is 0.792. The van der Waals surface area contributed by atoms with Gasteiger partial charge in [0.1, 0.15) is 11.5 Å². The van der Waals surface area contributed by atoms with E-state index in [1.807, 2.05) is 42.5 Å². The van der Waals surface area contributed by atoms with Crippen LogP contribution in [-0.4, -0.2) is 18.0 Å². The van der Waals surface area contributed by atoms with E-state index in [0.717, 1.165) is 10.9 Å². The van der Waals surface area contributed by atoms with Crippen molar-refractivity contribution in [1.82, 2.24) is 4.98 Å². The van der Waals surface area contributed by atoms with E-state index < -0.39 is 0 Å². The number of aromatic nitrogens is 1. The van der Waals surface area contributed by atoms with Gasteiger partial charge >= 0.3 is 0 Å². The number of carbonyl (C=O) groups is 1. The third-order valence-electron chi connectivity index (χ3n) is 4.59. The Morgan fingerprint density at radius 1 is 0.967 bits per heavy atom. The van der Waals surface area contributed by atoms with Crippen LogP contribution in [0.25, 0.3) is 10.9 Å². The summed E-state index contributed by atoms with van der Waals surface area (Å²) in [6, 6.07) is 23.2. The molecule has 2 N–H and O–H groups in total. The lowest BCUT2D eigenvalue weighted by atomic mass is 10.1. The number of H-pyrrole nitrogens is 1. The van der Waals surface area contributed by atoms with Gasteiger partial charge in [0.15, 0.2) is 0 Å². The second kappa shape index (κ2) is 8.63. The number of nitrogens with one attached hydrogen (secondary N) is 2. The summed E-state index contributed by atoms with van der Waals surface area (Å²) in [7, 11) is 1.58. The highest BCUT2D eigenvalue weighted by Crippen LogP contribution is 2.26. The summed E-state index contributed by atoms with van der Waals surface area (Å²) in [4.78, 5) is 27.7. The summed E-state index contributed by atoms with van der Waals surface area (Å²) in [5, 5.41) is 3.74. The van der Waals surface area contributed by atoms with Crippen molar-refractivity contribution in [3.8, 4) is 11.5 Å². The molecule has 0 fully saturated rings. The fourth-order valence-electron chi connectivity index (χ4n) is 3.24. The highest BCUT2D eigenvalue weighted by atomic mass is 16.5. The molecule has 0 aliphatic carbocycles. The van der Waals surface area contributed by atoms with Crippen LogP contribution in [0.2, 0.25) is 0 Å². The van der Waals surface area contributed by atoms with E-state index >= 15 is 0 Å². The van der Waals surface area contributed by atoms with Gasteiger partial charge in [-0.2, -0.15) is 0 Å². The van der Waals surface area contributed by atoms with Crippen molar-refractivity contribution in [2.45, 2.75) is 6.61 Å². The quantitative estimate of drug-likeness (QED) is 0.491. The van der Waals surface area contributed by atoms with Crippen LogP contribution in [0.15, 0.2) is 83.7 Å². The normalized spacial score (nSPS) is 10.7. The van der Waals surface area contributed by atoms with Crippen molar-refractivity contribution in [2.24, 2.45) is 0 Å². The second-order valence-corrected chi connectivity index (χ2v) is 6.72. The Morgan fingerprint density at radius 2 is 1.73 bits per heavy atom. The number of para-hydroxylation sites is 2. The summed E-state index contributed by atoms with van der Waals surface area (Å²) in [6.07, 6.45) is 0. The van der Waals surface area contributed by atoms with Crippen molar-refractivity contribution in [2.75, 3.05) is 12.4 Å². The third-order valence-corrected chi connectivity index (χ3v) is 4.59. The molecular formula is C24H20N2O4. The smallest absolute Gasteiger partial charge is 0.259 e. The largest absolute Gasteiger partial charge is 0.457 e. The molecular weight excluding hydrogens is 380 g/mol. The average Bonchev–Trinajstić information content (AvgIpc) is 2.74. The minimum absolute atomic E-state index is 0.223. The van der Waals surface area contributed by atoms with Crippen LogP contribution < -0.4 is 15.6 Å². The molecule has 3 aromatic carbocycles. The Morgan fingerprint density at radius 3 is 2.53 bits per heavy atom. The number of pyridine rings is 1. The SMILES string of the molecule is COCc1cc(=O)[nH]c2cc(NC(=O)c3ccccc3Oc3ccccc3)ccc12. The highest BCUT2D eigenvalue weighted by molar-refractivity contribution is 6.07. The first-order valence-electron chi connectivity index (χ1n) is 9.42. The van der Waals surface area contributed by atoms with Gasteiger partial charge in [-0.05, 0) is 42.0 Å². The van der Waals surface area contributed by atoms with Crippen LogP contribution in [0.4, 0.5) is 5.69 Å². The minimum Gasteiger partial charge on any atom is -0.457 e. The molecule has 150 valence electrons. The first-order chi connectivity index (χ1) is 14.6. The summed E-state index contributed by atoms with van der Waals surface area (Å²) in [5.41, 5.74) is 2.16. The van der Waals surface area contributed by atoms with Crippen LogP contribution in [0, 0.1) is 0 Å². The summed E-state index contributed by atoms with van der Waals surface area (Å²) in [6.45, 7) is 0.330. The monoisotopic (exact) mass is 400 g/mol. The van der Waals surface area contributed by atoms with Gasteiger partial charge in [0, 0.05) is 24.2 Å². The van der Waals surface area contributed by atoms with E-state index in [1.54, 1.807) is 37.4 Å². The summed E-state index contributed by atoms with van der Waals surface area (Å²) < 4.78 is 11.0. The molecule has 30 heavy (non-hydrogen) atoms. The van der Waals surface area contributed by atoms with Gasteiger partial charge in [-0.3, -0.25) is 9.59 Å². The molecule has 0 unspecified atom stereocenters. The lowest BCUT2D eigenvalue weighted by molar-refractivity contribution is 0.102. The molecule has 1 heterocycles. The van der Waals surface area contributed by atoms with E-state index in [1.165, 1.54) is 6.07 Å². The number of hydrogen-bond acceptors (Lipinski definition) is 4. The molecule has 4 aromatic rings. The standard InChI is InChI=1S/C24H20N2O4/c1-29-15-16-13-23(27)26-21-14-17(11-12-19(16)21)25-24(28)20-9-5-6-10-22(20)30-18-7-3-2-4-8-18/h2-14H,15H2,1H3,(H,25,28)(H,26,27). The number of methoxy groups -OCH3 is 1. The van der Waals surface area contributed by atoms with Crippen molar-refractivity contribution in [3.63, 3.8) is 0 Å². The Balaban J connectivity index is 1.61. The number of ether oxygens (including phenoxy) is 2. The van der Waals surface area contributed by atoms with E-state index in [4.69, 9.17) is 9.47 Å². The number of fused-ring (bicyclic) bond motifs is 1. The fraction of sp³-hybridized carbons (Fsp3) is 0.0833. The second-order valence-electron chi connectivity index (χ2n) is 6.72. The van der Waals surface area contributed by atoms with Crippen LogP contribution in [0.5, 0.6) is 11.5 Å². The first-order valence-corrected chi connectivity index (χ1v) is 9.42. The van der Waals surface area contributed by atoms with Gasteiger partial charge in [-0.1, -0.05) is 36.4 Å². The van der Waals surface area contributed by atoms with Gasteiger partial charge in [-0.25, -0.2) is 0 Å². The van der Waals surface area contributed by atoms with Crippen molar-refractivity contribution in [3.05, 3.63) is 100 Å². The maximum absolute atomic E-state index is 12.9. The fourth-order valence-corrected chi connectivity index (χ4v) is 3.24. The van der Waals surface area contributed by atoms with Crippen molar-refractivity contribution < 1.29 is 14.3 Å². The number of benzene rings is 3. The van der Waals surface area contributed by atoms with Crippen molar-refractivity contribution in [1.29, 1.82) is 0 Å². The van der Waals surface area contributed by atoms with Gasteiger partial charge in [0.05, 0.1) is 17.7 Å². The van der Waals surface area contributed by atoms with Gasteiger partial charge < -0.3 is 19.8 Å². The minimum atomic E-state index is -0.309. The Kier molecular flexibility index (Phi) is 5.59. The molecule has 0 spiro atoms. The molecule has 0 saturated carbocycles. The maximum Gasteiger partial charge on any atom is 0.259 e. The average molecular weight is 400 g/mol. The van der Waals surface area contributed by atoms with E-state index in [9.17, 15) is 9.59 Å². The lowest BCUT2D eigenvalue weighted by Crippen LogP contribution is -2.13. The van der Waals surface area contributed by atoms with Crippen molar-refractivity contribution >= 4 is 22.5 Å². The van der Waals surface area contributed by atoms with Crippen LogP contribution in [0.3, 0.4) is 0 Å². The molecule has 0 radical (unpaired) electrons. The topological polar surface area (TPSA) is 80.4 Å². The number of aromatic amines is 1. The zero-order valence-corrected chi connectivity index (χ0v) is 16.3. The molecule has 1 amide bonds. The Bertz CT molecular complexity index is 1250. The van der Waals surface area contributed by atoms with E-state index in [0.29, 0.717) is 34.9 Å². The van der Waals surface area contributed by atoms with Gasteiger partial charge in [0.25, 0.3) is 5.91 Å². The maximum atomic E-state index is 12.9. The van der Waals surface area contributed by atoms with Crippen LogP contribution in [-0.2, 0) is 11.3 Å².